The minimum Gasteiger partial charge on any atom is -0.462 e. The smallest absolute Gasteiger partial charge is 0.306 e. The van der Waals surface area contributed by atoms with Gasteiger partial charge in [-0.25, -0.2) is 0 Å². The molecule has 0 amide bonds. The lowest BCUT2D eigenvalue weighted by Gasteiger charge is -2.18. The summed E-state index contributed by atoms with van der Waals surface area (Å²) >= 11 is 0. The maximum atomic E-state index is 12.8. The van der Waals surface area contributed by atoms with E-state index in [1.165, 1.54) is 257 Å². The number of allylic oxidation sites excluding steroid dienone is 4. The molecule has 0 aromatic carbocycles. The monoisotopic (exact) mass is 1030 g/mol. The molecule has 0 aliphatic carbocycles. The lowest BCUT2D eigenvalue weighted by molar-refractivity contribution is -0.167. The normalized spacial score (nSPS) is 12.1. The number of carbonyl (C=O) groups is 3. The van der Waals surface area contributed by atoms with Gasteiger partial charge in [0.15, 0.2) is 6.10 Å². The molecule has 0 aliphatic heterocycles. The molecule has 0 aromatic heterocycles. The number of carbonyl (C=O) groups excluding carboxylic acids is 3. The van der Waals surface area contributed by atoms with Gasteiger partial charge in [-0.15, -0.1) is 0 Å². The van der Waals surface area contributed by atoms with Gasteiger partial charge < -0.3 is 14.2 Å². The van der Waals surface area contributed by atoms with Crippen LogP contribution in [-0.4, -0.2) is 37.2 Å². The Morgan fingerprint density at radius 2 is 0.493 bits per heavy atom. The van der Waals surface area contributed by atoms with Crippen molar-refractivity contribution in [1.29, 1.82) is 0 Å². The largest absolute Gasteiger partial charge is 0.462 e. The van der Waals surface area contributed by atoms with Crippen molar-refractivity contribution < 1.29 is 28.6 Å². The zero-order valence-electron chi connectivity index (χ0n) is 49.4. The van der Waals surface area contributed by atoms with E-state index in [0.29, 0.717) is 19.3 Å². The molecule has 0 heterocycles. The first kappa shape index (κ1) is 70.9. The standard InChI is InChI=1S/C67H126O6/c1-4-7-10-13-16-19-21-23-25-27-29-30-31-32-33-34-35-36-37-38-39-41-42-44-46-48-51-54-57-60-66(69)72-63-64(62-71-65(68)59-56-53-50-18-15-12-9-6-3)73-67(70)61-58-55-52-49-47-45-43-40-28-26-24-22-20-17-14-11-8-5-2/h20,22,26,28,64H,4-19,21,23-25,27,29-63H2,1-3H3/b22-20-,28-26-. The second-order valence-electron chi connectivity index (χ2n) is 22.4. The van der Waals surface area contributed by atoms with Crippen molar-refractivity contribution in [2.45, 2.75) is 374 Å². The highest BCUT2D eigenvalue weighted by molar-refractivity contribution is 5.71. The number of hydrogen-bond acceptors (Lipinski definition) is 6. The Morgan fingerprint density at radius 1 is 0.274 bits per heavy atom. The van der Waals surface area contributed by atoms with E-state index < -0.39 is 6.10 Å². The maximum absolute atomic E-state index is 12.8. The van der Waals surface area contributed by atoms with Crippen LogP contribution in [-0.2, 0) is 28.6 Å². The van der Waals surface area contributed by atoms with Gasteiger partial charge in [-0.2, -0.15) is 0 Å². The summed E-state index contributed by atoms with van der Waals surface area (Å²) in [4.78, 5) is 38.1. The van der Waals surface area contributed by atoms with Gasteiger partial charge in [-0.3, -0.25) is 14.4 Å². The van der Waals surface area contributed by atoms with Crippen molar-refractivity contribution in [2.24, 2.45) is 0 Å². The molecule has 0 fully saturated rings. The average Bonchev–Trinajstić information content (AvgIpc) is 3.39. The fourth-order valence-electron chi connectivity index (χ4n) is 10.0. The summed E-state index contributed by atoms with van der Waals surface area (Å²) in [5.41, 5.74) is 0. The molecule has 6 nitrogen and oxygen atoms in total. The molecule has 0 bridgehead atoms. The van der Waals surface area contributed by atoms with Crippen LogP contribution in [0.25, 0.3) is 0 Å². The highest BCUT2D eigenvalue weighted by atomic mass is 16.6. The van der Waals surface area contributed by atoms with Gasteiger partial charge in [0, 0.05) is 19.3 Å². The molecule has 0 radical (unpaired) electrons. The molecule has 0 spiro atoms. The molecule has 0 aromatic rings. The average molecular weight is 1030 g/mol. The van der Waals surface area contributed by atoms with Crippen LogP contribution in [0.1, 0.15) is 367 Å². The third kappa shape index (κ3) is 60.6. The molecule has 73 heavy (non-hydrogen) atoms. The van der Waals surface area contributed by atoms with Gasteiger partial charge in [-0.05, 0) is 51.4 Å². The Kier molecular flexibility index (Phi) is 60.6. The number of unbranched alkanes of at least 4 members (excludes halogenated alkanes) is 46. The third-order valence-electron chi connectivity index (χ3n) is 15.0. The van der Waals surface area contributed by atoms with Crippen LogP contribution in [0.15, 0.2) is 24.3 Å². The molecule has 1 unspecified atom stereocenters. The first-order valence-electron chi connectivity index (χ1n) is 32.8. The summed E-state index contributed by atoms with van der Waals surface area (Å²) in [5.74, 6) is -0.858. The summed E-state index contributed by atoms with van der Waals surface area (Å²) in [5, 5.41) is 0. The Labute approximate surface area is 455 Å². The van der Waals surface area contributed by atoms with Crippen molar-refractivity contribution in [3.8, 4) is 0 Å². The van der Waals surface area contributed by atoms with Crippen LogP contribution < -0.4 is 0 Å². The van der Waals surface area contributed by atoms with Gasteiger partial charge in [0.2, 0.25) is 0 Å². The van der Waals surface area contributed by atoms with Crippen LogP contribution in [0.5, 0.6) is 0 Å². The molecular formula is C67H126O6. The van der Waals surface area contributed by atoms with Crippen molar-refractivity contribution in [3.05, 3.63) is 24.3 Å². The van der Waals surface area contributed by atoms with E-state index in [2.05, 4.69) is 45.1 Å². The second kappa shape index (κ2) is 62.4. The maximum Gasteiger partial charge on any atom is 0.306 e. The molecule has 6 heteroatoms. The first-order valence-corrected chi connectivity index (χ1v) is 32.8. The third-order valence-corrected chi connectivity index (χ3v) is 15.0. The predicted octanol–water partition coefficient (Wildman–Crippen LogP) is 22.2. The summed E-state index contributed by atoms with van der Waals surface area (Å²) in [6.07, 6.45) is 75.1. The second-order valence-corrected chi connectivity index (χ2v) is 22.4. The summed E-state index contributed by atoms with van der Waals surface area (Å²) < 4.78 is 16.9. The zero-order chi connectivity index (χ0) is 52.9. The molecule has 0 rings (SSSR count). The van der Waals surface area contributed by atoms with E-state index >= 15 is 0 Å². The van der Waals surface area contributed by atoms with E-state index in [1.54, 1.807) is 0 Å². The molecule has 0 aliphatic rings. The number of hydrogen-bond donors (Lipinski definition) is 0. The van der Waals surface area contributed by atoms with E-state index in [4.69, 9.17) is 14.2 Å². The number of ether oxygens (including phenoxy) is 3. The molecule has 1 atom stereocenters. The minimum atomic E-state index is -0.770. The highest BCUT2D eigenvalue weighted by Gasteiger charge is 2.19. The summed E-state index contributed by atoms with van der Waals surface area (Å²) in [6.45, 7) is 6.65. The first-order chi connectivity index (χ1) is 36.0. The molecule has 430 valence electrons. The lowest BCUT2D eigenvalue weighted by Crippen LogP contribution is -2.30. The van der Waals surface area contributed by atoms with Crippen LogP contribution in [0.2, 0.25) is 0 Å². The summed E-state index contributed by atoms with van der Waals surface area (Å²) in [7, 11) is 0. The number of rotatable bonds is 61. The van der Waals surface area contributed by atoms with Gasteiger partial charge in [-0.1, -0.05) is 321 Å². The molecule has 0 saturated heterocycles. The lowest BCUT2D eigenvalue weighted by atomic mass is 10.0. The van der Waals surface area contributed by atoms with Crippen LogP contribution in [0.3, 0.4) is 0 Å². The molecule has 0 saturated carbocycles. The van der Waals surface area contributed by atoms with Gasteiger partial charge in [0.1, 0.15) is 13.2 Å². The molecule has 0 N–H and O–H groups in total. The Bertz CT molecular complexity index is 1180. The van der Waals surface area contributed by atoms with E-state index in [1.807, 2.05) is 0 Å². The van der Waals surface area contributed by atoms with Crippen molar-refractivity contribution >= 4 is 17.9 Å². The molecular weight excluding hydrogens is 901 g/mol. The quantitative estimate of drug-likeness (QED) is 0.0261. The van der Waals surface area contributed by atoms with Crippen LogP contribution in [0.4, 0.5) is 0 Å². The Hall–Kier alpha value is -2.11. The fraction of sp³-hybridized carbons (Fsp3) is 0.896. The minimum absolute atomic E-state index is 0.0693. The predicted molar refractivity (Wildman–Crippen MR) is 316 cm³/mol. The van der Waals surface area contributed by atoms with Gasteiger partial charge >= 0.3 is 17.9 Å². The SMILES string of the molecule is CCCCCC/C=C\C/C=C\CCCCCCCCCC(=O)OC(COC(=O)CCCCCCCCCC)COC(=O)CCCCCCCCCCCCCCCCCCCCCCCCCCCCCCC. The van der Waals surface area contributed by atoms with Crippen LogP contribution in [0, 0.1) is 0 Å². The van der Waals surface area contributed by atoms with Gasteiger partial charge in [0.25, 0.3) is 0 Å². The van der Waals surface area contributed by atoms with E-state index in [-0.39, 0.29) is 31.1 Å². The Balaban J connectivity index is 4.05. The fourth-order valence-corrected chi connectivity index (χ4v) is 10.0. The van der Waals surface area contributed by atoms with Crippen molar-refractivity contribution in [1.82, 2.24) is 0 Å². The van der Waals surface area contributed by atoms with Crippen molar-refractivity contribution in [2.75, 3.05) is 13.2 Å². The van der Waals surface area contributed by atoms with Crippen molar-refractivity contribution in [3.63, 3.8) is 0 Å². The van der Waals surface area contributed by atoms with Crippen LogP contribution >= 0.6 is 0 Å². The van der Waals surface area contributed by atoms with E-state index in [9.17, 15) is 14.4 Å². The Morgan fingerprint density at radius 3 is 0.767 bits per heavy atom. The zero-order valence-corrected chi connectivity index (χ0v) is 49.4. The topological polar surface area (TPSA) is 78.9 Å². The summed E-state index contributed by atoms with van der Waals surface area (Å²) in [6, 6.07) is 0. The number of esters is 3. The highest BCUT2D eigenvalue weighted by Crippen LogP contribution is 2.18. The van der Waals surface area contributed by atoms with Gasteiger partial charge in [0.05, 0.1) is 0 Å². The van der Waals surface area contributed by atoms with E-state index in [0.717, 1.165) is 70.6 Å².